The molecule has 4 heterocycles. The van der Waals surface area contributed by atoms with Gasteiger partial charge in [-0.25, -0.2) is 4.79 Å². The lowest BCUT2D eigenvalue weighted by molar-refractivity contribution is -0.241. The molecule has 2 aromatic rings. The number of aliphatic hydroxyl groups is 1. The second-order valence-corrected chi connectivity index (χ2v) is 11.8. The number of unbranched alkanes of at least 4 members (excludes halogenated alkanes) is 2. The number of primary amides is 1. The Hall–Kier alpha value is -3.86. The molecule has 1 aromatic heterocycles. The van der Waals surface area contributed by atoms with Gasteiger partial charge in [-0.05, 0) is 50.5 Å². The second kappa shape index (κ2) is 13.9. The molecule has 15 nitrogen and oxygen atoms in total. The van der Waals surface area contributed by atoms with Gasteiger partial charge in [0.25, 0.3) is 11.5 Å². The number of aliphatic hydroxyl groups excluding tert-OH is 1. The number of aromatic nitrogens is 2. The number of aryl methyl sites for hydroxylation is 1. The summed E-state index contributed by atoms with van der Waals surface area (Å²) >= 11 is 0. The number of aromatic amines is 1. The summed E-state index contributed by atoms with van der Waals surface area (Å²) in [4.78, 5) is 52.2. The van der Waals surface area contributed by atoms with E-state index in [4.69, 9.17) is 34.2 Å². The average Bonchev–Trinajstić information content (AvgIpc) is 3.50. The number of anilines is 1. The highest BCUT2D eigenvalue weighted by molar-refractivity contribution is 6.02. The standard InChI is InChI=1S/C31H40N4O11/c1-5-6-7-8-16-9-11-17(12-10-16)33-27(39)19-15-18-22(46-31(2,3)45-18)29(42-19)44-25(26(32)38)24-23(41-4)21(37)28(43-24)35-14-13-20(36)34-30(35)40/h9-15,18,21-25,28-29,37H,5-8H2,1-4H3,(H2,32,38)(H,33,39)(H,34,36,40)/t18-,21+,22-,23-,24-,25+,28+,29+/m0/s1. The highest BCUT2D eigenvalue weighted by Crippen LogP contribution is 2.39. The minimum Gasteiger partial charge on any atom is -0.456 e. The number of fused-ring (bicyclic) bond motifs is 1. The largest absolute Gasteiger partial charge is 0.456 e. The van der Waals surface area contributed by atoms with Gasteiger partial charge in [0.1, 0.15) is 24.4 Å². The summed E-state index contributed by atoms with van der Waals surface area (Å²) in [5, 5.41) is 13.8. The number of carbonyl (C=O) groups excluding carboxylic acids is 2. The first-order chi connectivity index (χ1) is 21.9. The van der Waals surface area contributed by atoms with Crippen molar-refractivity contribution in [1.82, 2.24) is 9.55 Å². The van der Waals surface area contributed by atoms with Crippen LogP contribution in [0.3, 0.4) is 0 Å². The molecule has 250 valence electrons. The van der Waals surface area contributed by atoms with Crippen molar-refractivity contribution in [3.63, 3.8) is 0 Å². The summed E-state index contributed by atoms with van der Waals surface area (Å²) in [5.41, 5.74) is 5.96. The van der Waals surface area contributed by atoms with Gasteiger partial charge in [0.15, 0.2) is 30.0 Å². The minimum atomic E-state index is -1.62. The molecule has 2 saturated heterocycles. The zero-order chi connectivity index (χ0) is 33.2. The molecule has 3 aliphatic rings. The molecule has 5 N–H and O–H groups in total. The van der Waals surface area contributed by atoms with Crippen LogP contribution >= 0.6 is 0 Å². The molecule has 0 unspecified atom stereocenters. The summed E-state index contributed by atoms with van der Waals surface area (Å²) in [6, 6.07) is 8.59. The number of carbonyl (C=O) groups is 2. The van der Waals surface area contributed by atoms with Gasteiger partial charge in [-0.15, -0.1) is 0 Å². The first kappa shape index (κ1) is 33.5. The van der Waals surface area contributed by atoms with Gasteiger partial charge in [0.05, 0.1) is 0 Å². The number of nitrogens with zero attached hydrogens (tertiary/aromatic N) is 1. The molecular formula is C31H40N4O11. The van der Waals surface area contributed by atoms with Crippen LogP contribution in [0.4, 0.5) is 5.69 Å². The first-order valence-electron chi connectivity index (χ1n) is 15.2. The van der Waals surface area contributed by atoms with Gasteiger partial charge in [0, 0.05) is 25.1 Å². The van der Waals surface area contributed by atoms with Crippen LogP contribution in [0, 0.1) is 0 Å². The van der Waals surface area contributed by atoms with E-state index in [0.717, 1.165) is 48.1 Å². The maximum atomic E-state index is 13.3. The molecule has 2 amide bonds. The van der Waals surface area contributed by atoms with Gasteiger partial charge in [-0.1, -0.05) is 31.9 Å². The minimum absolute atomic E-state index is 0.142. The fourth-order valence-electron chi connectivity index (χ4n) is 5.80. The number of nitrogens with one attached hydrogen (secondary N) is 2. The highest BCUT2D eigenvalue weighted by Gasteiger charge is 2.55. The molecule has 0 aliphatic carbocycles. The van der Waals surface area contributed by atoms with Gasteiger partial charge >= 0.3 is 5.69 Å². The van der Waals surface area contributed by atoms with Crippen LogP contribution in [0.5, 0.6) is 0 Å². The third-order valence-corrected chi connectivity index (χ3v) is 8.00. The van der Waals surface area contributed by atoms with Crippen molar-refractivity contribution < 1.29 is 43.1 Å². The normalized spacial score (nSPS) is 29.0. The van der Waals surface area contributed by atoms with Crippen LogP contribution in [0.25, 0.3) is 0 Å². The Balaban J connectivity index is 1.35. The van der Waals surface area contributed by atoms with Crippen LogP contribution in [-0.4, -0.2) is 82.3 Å². The number of hydrogen-bond acceptors (Lipinski definition) is 11. The van der Waals surface area contributed by atoms with E-state index in [1.165, 1.54) is 13.2 Å². The van der Waals surface area contributed by atoms with Crippen LogP contribution in [-0.2, 0) is 44.4 Å². The first-order valence-corrected chi connectivity index (χ1v) is 15.2. The van der Waals surface area contributed by atoms with Gasteiger partial charge in [-0.2, -0.15) is 0 Å². The van der Waals surface area contributed by atoms with Crippen molar-refractivity contribution in [2.75, 3.05) is 12.4 Å². The zero-order valence-corrected chi connectivity index (χ0v) is 26.0. The van der Waals surface area contributed by atoms with Crippen LogP contribution in [0.2, 0.25) is 0 Å². The summed E-state index contributed by atoms with van der Waals surface area (Å²) in [5.74, 6) is -2.83. The molecule has 1 aromatic carbocycles. The van der Waals surface area contributed by atoms with Crippen molar-refractivity contribution in [2.24, 2.45) is 5.73 Å². The number of ether oxygens (including phenoxy) is 6. The van der Waals surface area contributed by atoms with Crippen molar-refractivity contribution in [2.45, 2.75) is 101 Å². The Morgan fingerprint density at radius 2 is 1.89 bits per heavy atom. The number of amides is 2. The Labute approximate surface area is 264 Å². The van der Waals surface area contributed by atoms with Gasteiger partial charge in [-0.3, -0.25) is 23.9 Å². The molecule has 0 saturated carbocycles. The lowest BCUT2D eigenvalue weighted by Crippen LogP contribution is -2.53. The summed E-state index contributed by atoms with van der Waals surface area (Å²) in [6.45, 7) is 5.50. The molecule has 46 heavy (non-hydrogen) atoms. The predicted molar refractivity (Wildman–Crippen MR) is 161 cm³/mol. The number of nitrogens with two attached hydrogens (primary N) is 1. The topological polar surface area (TPSA) is 203 Å². The Morgan fingerprint density at radius 3 is 2.54 bits per heavy atom. The summed E-state index contributed by atoms with van der Waals surface area (Å²) < 4.78 is 36.3. The fraction of sp³-hybridized carbons (Fsp3) is 0.548. The maximum absolute atomic E-state index is 13.3. The number of rotatable bonds is 12. The molecule has 8 atom stereocenters. The van der Waals surface area contributed by atoms with Crippen LogP contribution < -0.4 is 22.3 Å². The van der Waals surface area contributed by atoms with E-state index in [0.29, 0.717) is 5.69 Å². The number of hydrogen-bond donors (Lipinski definition) is 4. The number of benzene rings is 1. The van der Waals surface area contributed by atoms with Crippen molar-refractivity contribution in [1.29, 1.82) is 0 Å². The maximum Gasteiger partial charge on any atom is 0.330 e. The quantitative estimate of drug-likeness (QED) is 0.238. The summed E-state index contributed by atoms with van der Waals surface area (Å²) in [6.07, 6.45) is -3.24. The zero-order valence-electron chi connectivity index (χ0n) is 26.0. The predicted octanol–water partition coefficient (Wildman–Crippen LogP) is 0.812. The number of methoxy groups -OCH3 is 1. The van der Waals surface area contributed by atoms with Crippen molar-refractivity contribution >= 4 is 17.5 Å². The van der Waals surface area contributed by atoms with Crippen molar-refractivity contribution in [3.8, 4) is 0 Å². The van der Waals surface area contributed by atoms with Gasteiger partial charge < -0.3 is 44.6 Å². The van der Waals surface area contributed by atoms with E-state index in [1.54, 1.807) is 26.0 Å². The molecule has 0 spiro atoms. The average molecular weight is 645 g/mol. The van der Waals surface area contributed by atoms with E-state index in [-0.39, 0.29) is 5.76 Å². The highest BCUT2D eigenvalue weighted by atomic mass is 16.8. The Morgan fingerprint density at radius 1 is 1.15 bits per heavy atom. The SMILES string of the molecule is CCCCCc1ccc(NC(=O)C2=C[C@@H]3OC(C)(C)O[C@@H]3[C@@H](O[C@@H](C(N)=O)[C@H]3O[C@@H](n4ccc(=O)[nH]c4=O)[C@H](O)[C@@H]3OC)O2)cc1. The van der Waals surface area contributed by atoms with Crippen LogP contribution in [0.1, 0.15) is 51.8 Å². The van der Waals surface area contributed by atoms with E-state index in [9.17, 15) is 24.3 Å². The molecular weight excluding hydrogens is 604 g/mol. The molecule has 2 fully saturated rings. The second-order valence-electron chi connectivity index (χ2n) is 11.8. The Kier molecular flexibility index (Phi) is 10.1. The molecule has 3 aliphatic heterocycles. The lowest BCUT2D eigenvalue weighted by Gasteiger charge is -2.34. The molecule has 0 radical (unpaired) electrons. The smallest absolute Gasteiger partial charge is 0.330 e. The van der Waals surface area contributed by atoms with Gasteiger partial charge in [0.2, 0.25) is 12.2 Å². The molecule has 5 rings (SSSR count). The summed E-state index contributed by atoms with van der Waals surface area (Å²) in [7, 11) is 1.27. The fourth-order valence-corrected chi connectivity index (χ4v) is 5.80. The Bertz CT molecular complexity index is 1550. The van der Waals surface area contributed by atoms with E-state index in [1.807, 2.05) is 12.1 Å². The monoisotopic (exact) mass is 644 g/mol. The van der Waals surface area contributed by atoms with E-state index in [2.05, 4.69) is 17.2 Å². The third-order valence-electron chi connectivity index (χ3n) is 8.00. The lowest BCUT2D eigenvalue weighted by atomic mass is 10.0. The van der Waals surface area contributed by atoms with Crippen molar-refractivity contribution in [3.05, 3.63) is 74.8 Å². The number of H-pyrrole nitrogens is 1. The molecule has 15 heteroatoms. The third kappa shape index (κ3) is 7.24. The molecule has 0 bridgehead atoms. The van der Waals surface area contributed by atoms with Crippen LogP contribution in [0.15, 0.2) is 58.0 Å². The van der Waals surface area contributed by atoms with E-state index >= 15 is 0 Å². The van der Waals surface area contributed by atoms with E-state index < -0.39 is 78.0 Å².